The van der Waals surface area contributed by atoms with Gasteiger partial charge in [0.1, 0.15) is 12.4 Å². The maximum Gasteiger partial charge on any atom is 0.123 e. The van der Waals surface area contributed by atoms with Crippen molar-refractivity contribution >= 4 is 33.4 Å². The van der Waals surface area contributed by atoms with E-state index in [4.69, 9.17) is 9.47 Å². The van der Waals surface area contributed by atoms with Gasteiger partial charge in [0.25, 0.3) is 0 Å². The zero-order valence-corrected chi connectivity index (χ0v) is 15.1. The lowest BCUT2D eigenvalue weighted by atomic mass is 10.2. The van der Waals surface area contributed by atoms with Crippen LogP contribution in [0.5, 0.6) is 5.75 Å². The average Bonchev–Trinajstić information content (AvgIpc) is 2.98. The second-order valence-corrected chi connectivity index (χ2v) is 7.89. The molecule has 120 valence electrons. The lowest BCUT2D eigenvalue weighted by Gasteiger charge is -2.29. The van der Waals surface area contributed by atoms with E-state index in [1.54, 1.807) is 0 Å². The number of hydrogen-bond acceptors (Lipinski definition) is 4. The average molecular weight is 392 g/mol. The monoisotopic (exact) mass is 391 g/mol. The van der Waals surface area contributed by atoms with Gasteiger partial charge in [0.05, 0.1) is 18.5 Å². The summed E-state index contributed by atoms with van der Waals surface area (Å²) in [5, 5.41) is 0.359. The summed E-state index contributed by atoms with van der Waals surface area (Å²) in [6, 6.07) is 15.0. The minimum Gasteiger partial charge on any atom is -0.492 e. The Hall–Kier alpha value is -1.17. The highest BCUT2D eigenvalue weighted by Gasteiger charge is 2.25. The van der Waals surface area contributed by atoms with Crippen LogP contribution in [-0.4, -0.2) is 32.9 Å². The first kappa shape index (κ1) is 15.4. The highest BCUT2D eigenvalue weighted by molar-refractivity contribution is 9.10. The molecule has 2 heterocycles. The van der Waals surface area contributed by atoms with E-state index in [1.165, 1.54) is 16.1 Å². The molecule has 0 saturated carbocycles. The van der Waals surface area contributed by atoms with Crippen LogP contribution in [-0.2, 0) is 4.74 Å². The quantitative estimate of drug-likeness (QED) is 0.766. The third kappa shape index (κ3) is 3.37. The van der Waals surface area contributed by atoms with Crippen LogP contribution in [0, 0.1) is 0 Å². The molecule has 0 aromatic heterocycles. The van der Waals surface area contributed by atoms with Crippen molar-refractivity contribution in [1.29, 1.82) is 0 Å². The Morgan fingerprint density at radius 1 is 1.09 bits per heavy atom. The first-order valence-electron chi connectivity index (χ1n) is 7.81. The normalized spacial score (nSPS) is 20.2. The predicted octanol–water partition coefficient (Wildman–Crippen LogP) is 4.51. The van der Waals surface area contributed by atoms with Crippen LogP contribution in [0.2, 0.25) is 0 Å². The minimum atomic E-state index is 0.359. The molecule has 0 aliphatic carbocycles. The first-order chi connectivity index (χ1) is 11.3. The molecule has 2 aromatic rings. The Morgan fingerprint density at radius 2 is 1.91 bits per heavy atom. The summed E-state index contributed by atoms with van der Waals surface area (Å²) in [5.74, 6) is 1.02. The fourth-order valence-electron chi connectivity index (χ4n) is 3.02. The van der Waals surface area contributed by atoms with E-state index >= 15 is 0 Å². The standard InChI is InChI=1S/C18H18BrNO2S/c19-13-9-14(20-5-7-21-8-6-20)11-15(10-13)23-18-12-22-17-4-2-1-3-16(17)18/h1-4,9-11,18H,5-8,12H2. The maximum absolute atomic E-state index is 5.80. The second-order valence-electron chi connectivity index (χ2n) is 5.70. The molecule has 4 rings (SSSR count). The Balaban J connectivity index is 1.56. The highest BCUT2D eigenvalue weighted by Crippen LogP contribution is 2.45. The fourth-order valence-corrected chi connectivity index (χ4v) is 4.82. The van der Waals surface area contributed by atoms with Gasteiger partial charge in [-0.3, -0.25) is 0 Å². The highest BCUT2D eigenvalue weighted by atomic mass is 79.9. The predicted molar refractivity (Wildman–Crippen MR) is 97.7 cm³/mol. The van der Waals surface area contributed by atoms with E-state index in [2.05, 4.69) is 57.2 Å². The number of nitrogens with zero attached hydrogens (tertiary/aromatic N) is 1. The van der Waals surface area contributed by atoms with Crippen LogP contribution in [0.25, 0.3) is 0 Å². The number of halogens is 1. The molecule has 2 aromatic carbocycles. The lowest BCUT2D eigenvalue weighted by molar-refractivity contribution is 0.122. The smallest absolute Gasteiger partial charge is 0.123 e. The molecular weight excluding hydrogens is 374 g/mol. The van der Waals surface area contributed by atoms with Crippen molar-refractivity contribution in [2.45, 2.75) is 10.1 Å². The molecule has 3 nitrogen and oxygen atoms in total. The van der Waals surface area contributed by atoms with Crippen LogP contribution in [0.3, 0.4) is 0 Å². The van der Waals surface area contributed by atoms with Gasteiger partial charge in [-0.25, -0.2) is 0 Å². The van der Waals surface area contributed by atoms with E-state index in [9.17, 15) is 0 Å². The summed E-state index contributed by atoms with van der Waals surface area (Å²) < 4.78 is 12.4. The van der Waals surface area contributed by atoms with Gasteiger partial charge in [-0.05, 0) is 24.3 Å². The molecule has 0 radical (unpaired) electrons. The van der Waals surface area contributed by atoms with E-state index in [-0.39, 0.29) is 0 Å². The molecule has 1 fully saturated rings. The van der Waals surface area contributed by atoms with E-state index in [0.29, 0.717) is 5.25 Å². The van der Waals surface area contributed by atoms with Crippen LogP contribution >= 0.6 is 27.7 Å². The molecule has 1 atom stereocenters. The van der Waals surface area contributed by atoms with Crippen molar-refractivity contribution in [2.75, 3.05) is 37.8 Å². The van der Waals surface area contributed by atoms with E-state index < -0.39 is 0 Å². The van der Waals surface area contributed by atoms with Crippen molar-refractivity contribution in [1.82, 2.24) is 0 Å². The van der Waals surface area contributed by atoms with Crippen molar-refractivity contribution in [3.8, 4) is 5.75 Å². The maximum atomic E-state index is 5.80. The number of thioether (sulfide) groups is 1. The Bertz CT molecular complexity index is 703. The van der Waals surface area contributed by atoms with Crippen LogP contribution < -0.4 is 9.64 Å². The molecule has 0 N–H and O–H groups in total. The van der Waals surface area contributed by atoms with Crippen LogP contribution in [0.4, 0.5) is 5.69 Å². The Morgan fingerprint density at radius 3 is 2.78 bits per heavy atom. The Labute approximate surface area is 149 Å². The summed E-state index contributed by atoms with van der Waals surface area (Å²) >= 11 is 5.53. The molecule has 23 heavy (non-hydrogen) atoms. The Kier molecular flexibility index (Phi) is 4.51. The molecular formula is C18H18BrNO2S. The number of anilines is 1. The molecule has 5 heteroatoms. The van der Waals surface area contributed by atoms with Crippen molar-refractivity contribution in [3.63, 3.8) is 0 Å². The van der Waals surface area contributed by atoms with Gasteiger partial charge < -0.3 is 14.4 Å². The molecule has 2 aliphatic rings. The van der Waals surface area contributed by atoms with Crippen molar-refractivity contribution < 1.29 is 9.47 Å². The van der Waals surface area contributed by atoms with Crippen molar-refractivity contribution in [2.24, 2.45) is 0 Å². The summed E-state index contributed by atoms with van der Waals surface area (Å²) in [6.07, 6.45) is 0. The van der Waals surface area contributed by atoms with Gasteiger partial charge in [0.2, 0.25) is 0 Å². The zero-order chi connectivity index (χ0) is 15.6. The fraction of sp³-hybridized carbons (Fsp3) is 0.333. The number of ether oxygens (including phenoxy) is 2. The van der Waals surface area contributed by atoms with E-state index in [0.717, 1.165) is 43.1 Å². The molecule has 0 spiro atoms. The zero-order valence-electron chi connectivity index (χ0n) is 12.7. The number of hydrogen-bond donors (Lipinski definition) is 0. The van der Waals surface area contributed by atoms with Crippen LogP contribution in [0.15, 0.2) is 51.8 Å². The number of benzene rings is 2. The third-order valence-corrected chi connectivity index (χ3v) is 5.81. The number of para-hydroxylation sites is 1. The largest absolute Gasteiger partial charge is 0.492 e. The molecule has 0 amide bonds. The third-order valence-electron chi connectivity index (χ3n) is 4.17. The van der Waals surface area contributed by atoms with Gasteiger partial charge in [0, 0.05) is 33.7 Å². The summed E-state index contributed by atoms with van der Waals surface area (Å²) in [7, 11) is 0. The summed E-state index contributed by atoms with van der Waals surface area (Å²) in [5.41, 5.74) is 2.56. The lowest BCUT2D eigenvalue weighted by Crippen LogP contribution is -2.36. The molecule has 1 unspecified atom stereocenters. The van der Waals surface area contributed by atoms with E-state index in [1.807, 2.05) is 17.8 Å². The van der Waals surface area contributed by atoms with Gasteiger partial charge >= 0.3 is 0 Å². The second kappa shape index (κ2) is 6.75. The molecule has 1 saturated heterocycles. The van der Waals surface area contributed by atoms with Crippen molar-refractivity contribution in [3.05, 3.63) is 52.5 Å². The first-order valence-corrected chi connectivity index (χ1v) is 9.48. The van der Waals surface area contributed by atoms with Gasteiger partial charge in [-0.1, -0.05) is 34.1 Å². The molecule has 0 bridgehead atoms. The van der Waals surface area contributed by atoms with Gasteiger partial charge in [-0.2, -0.15) is 0 Å². The number of fused-ring (bicyclic) bond motifs is 1. The summed E-state index contributed by atoms with van der Waals surface area (Å²) in [6.45, 7) is 4.26. The number of morpholine rings is 1. The van der Waals surface area contributed by atoms with Gasteiger partial charge in [0.15, 0.2) is 0 Å². The molecule has 2 aliphatic heterocycles. The summed E-state index contributed by atoms with van der Waals surface area (Å²) in [4.78, 5) is 3.66. The SMILES string of the molecule is Brc1cc(SC2COc3ccccc32)cc(N2CCOCC2)c1. The minimum absolute atomic E-state index is 0.359. The topological polar surface area (TPSA) is 21.7 Å². The number of rotatable bonds is 3. The van der Waals surface area contributed by atoms with Gasteiger partial charge in [-0.15, -0.1) is 11.8 Å². The van der Waals surface area contributed by atoms with Crippen LogP contribution in [0.1, 0.15) is 10.8 Å².